The van der Waals surface area contributed by atoms with Crippen LogP contribution in [0.1, 0.15) is 21.5 Å². The third-order valence-electron chi connectivity index (χ3n) is 4.42. The van der Waals surface area contributed by atoms with Gasteiger partial charge in [0.1, 0.15) is 18.4 Å². The molecular weight excluding hydrogens is 390 g/mol. The molecule has 3 N–H and O–H groups in total. The van der Waals surface area contributed by atoms with Crippen molar-refractivity contribution in [1.29, 1.82) is 0 Å². The van der Waals surface area contributed by atoms with E-state index < -0.39 is 29.5 Å². The van der Waals surface area contributed by atoms with Crippen molar-refractivity contribution in [2.75, 3.05) is 0 Å². The highest BCUT2D eigenvalue weighted by Gasteiger charge is 2.20. The zero-order chi connectivity index (χ0) is 21.5. The molecule has 154 valence electrons. The summed E-state index contributed by atoms with van der Waals surface area (Å²) in [6.07, 6.45) is 0.118. The maximum atomic E-state index is 13.4. The van der Waals surface area contributed by atoms with Gasteiger partial charge >= 0.3 is 0 Å². The lowest BCUT2D eigenvalue weighted by Gasteiger charge is -2.16. The lowest BCUT2D eigenvalue weighted by molar-refractivity contribution is -0.119. The Bertz CT molecular complexity index is 1040. The summed E-state index contributed by atoms with van der Waals surface area (Å²) >= 11 is 0. The number of benzene rings is 3. The van der Waals surface area contributed by atoms with E-state index in [1.165, 1.54) is 0 Å². The van der Waals surface area contributed by atoms with Gasteiger partial charge < -0.3 is 15.8 Å². The van der Waals surface area contributed by atoms with Gasteiger partial charge in [0, 0.05) is 12.0 Å². The molecule has 0 heterocycles. The van der Waals surface area contributed by atoms with Gasteiger partial charge in [-0.3, -0.25) is 9.59 Å². The fourth-order valence-corrected chi connectivity index (χ4v) is 2.84. The van der Waals surface area contributed by atoms with Crippen LogP contribution in [0.4, 0.5) is 8.78 Å². The maximum Gasteiger partial charge on any atom is 0.252 e. The molecule has 0 radical (unpaired) electrons. The monoisotopic (exact) mass is 410 g/mol. The number of hydrogen-bond donors (Lipinski definition) is 2. The number of primary amides is 1. The smallest absolute Gasteiger partial charge is 0.252 e. The standard InChI is InChI=1S/C23H20F2N2O3/c24-19-10-9-17(13-20(19)25)23(29)27-21(22(26)28)12-16-7-4-8-18(11-16)30-14-15-5-2-1-3-6-15/h1-11,13,21H,12,14H2,(H2,26,28)(H,27,29)/t21-/m1/s1. The summed E-state index contributed by atoms with van der Waals surface area (Å²) in [6.45, 7) is 0.385. The Morgan fingerprint density at radius 2 is 1.63 bits per heavy atom. The second-order valence-corrected chi connectivity index (χ2v) is 6.68. The van der Waals surface area contributed by atoms with Crippen molar-refractivity contribution in [3.63, 3.8) is 0 Å². The largest absolute Gasteiger partial charge is 0.489 e. The highest BCUT2D eigenvalue weighted by atomic mass is 19.2. The summed E-state index contributed by atoms with van der Waals surface area (Å²) < 4.78 is 32.2. The number of nitrogens with one attached hydrogen (secondary N) is 1. The van der Waals surface area contributed by atoms with Crippen molar-refractivity contribution < 1.29 is 23.1 Å². The summed E-state index contributed by atoms with van der Waals surface area (Å²) in [6, 6.07) is 18.4. The minimum Gasteiger partial charge on any atom is -0.489 e. The fourth-order valence-electron chi connectivity index (χ4n) is 2.84. The molecule has 0 spiro atoms. The summed E-state index contributed by atoms with van der Waals surface area (Å²) in [5.41, 5.74) is 7.04. The van der Waals surface area contributed by atoms with Crippen LogP contribution in [0, 0.1) is 11.6 Å². The van der Waals surface area contributed by atoms with E-state index >= 15 is 0 Å². The number of carbonyl (C=O) groups excluding carboxylic acids is 2. The fraction of sp³-hybridized carbons (Fsp3) is 0.130. The van der Waals surface area contributed by atoms with Crippen molar-refractivity contribution in [1.82, 2.24) is 5.32 Å². The van der Waals surface area contributed by atoms with Crippen molar-refractivity contribution >= 4 is 11.8 Å². The molecule has 3 aromatic rings. The van der Waals surface area contributed by atoms with Gasteiger partial charge in [0.05, 0.1) is 0 Å². The Labute approximate surface area is 172 Å². The van der Waals surface area contributed by atoms with E-state index in [0.717, 1.165) is 29.3 Å². The van der Waals surface area contributed by atoms with E-state index in [9.17, 15) is 18.4 Å². The number of ether oxygens (including phenoxy) is 1. The predicted octanol–water partition coefficient (Wildman–Crippen LogP) is 3.37. The normalized spacial score (nSPS) is 11.5. The first-order valence-electron chi connectivity index (χ1n) is 9.23. The third kappa shape index (κ3) is 5.64. The molecule has 7 heteroatoms. The molecule has 30 heavy (non-hydrogen) atoms. The number of carbonyl (C=O) groups is 2. The Kier molecular flexibility index (Phi) is 6.75. The van der Waals surface area contributed by atoms with Gasteiger partial charge in [-0.05, 0) is 41.5 Å². The lowest BCUT2D eigenvalue weighted by atomic mass is 10.0. The predicted molar refractivity (Wildman–Crippen MR) is 108 cm³/mol. The van der Waals surface area contributed by atoms with Crippen molar-refractivity contribution in [2.45, 2.75) is 19.1 Å². The number of hydrogen-bond acceptors (Lipinski definition) is 3. The first-order valence-corrected chi connectivity index (χ1v) is 9.23. The minimum absolute atomic E-state index is 0.111. The van der Waals surface area contributed by atoms with E-state index in [1.807, 2.05) is 30.3 Å². The average molecular weight is 410 g/mol. The highest BCUT2D eigenvalue weighted by molar-refractivity contribution is 5.97. The van der Waals surface area contributed by atoms with Gasteiger partial charge in [-0.15, -0.1) is 0 Å². The van der Waals surface area contributed by atoms with E-state index in [0.29, 0.717) is 12.4 Å². The molecule has 2 amide bonds. The summed E-state index contributed by atoms with van der Waals surface area (Å²) in [5, 5.41) is 2.46. The van der Waals surface area contributed by atoms with Crippen molar-refractivity contribution in [3.05, 3.63) is 101 Å². The van der Waals surface area contributed by atoms with Crippen LogP contribution in [0.15, 0.2) is 72.8 Å². The Morgan fingerprint density at radius 3 is 2.33 bits per heavy atom. The average Bonchev–Trinajstić information content (AvgIpc) is 2.74. The first-order chi connectivity index (χ1) is 14.4. The van der Waals surface area contributed by atoms with Crippen LogP contribution in [0.5, 0.6) is 5.75 Å². The van der Waals surface area contributed by atoms with Gasteiger partial charge in [0.2, 0.25) is 5.91 Å². The molecule has 1 atom stereocenters. The Balaban J connectivity index is 1.66. The zero-order valence-corrected chi connectivity index (χ0v) is 16.0. The van der Waals surface area contributed by atoms with Crippen LogP contribution in [-0.4, -0.2) is 17.9 Å². The molecule has 0 bridgehead atoms. The molecule has 5 nitrogen and oxygen atoms in total. The quantitative estimate of drug-likeness (QED) is 0.597. The minimum atomic E-state index is -1.15. The van der Waals surface area contributed by atoms with Gasteiger partial charge in [0.15, 0.2) is 11.6 Å². The molecule has 0 saturated carbocycles. The second kappa shape index (κ2) is 9.65. The van der Waals surface area contributed by atoms with Crippen LogP contribution in [0.25, 0.3) is 0 Å². The van der Waals surface area contributed by atoms with E-state index in [2.05, 4.69) is 5.32 Å². The zero-order valence-electron chi connectivity index (χ0n) is 16.0. The molecule has 0 fully saturated rings. The van der Waals surface area contributed by atoms with Gasteiger partial charge in [0.25, 0.3) is 5.91 Å². The van der Waals surface area contributed by atoms with Crippen LogP contribution in [0.3, 0.4) is 0 Å². The molecule has 0 aromatic heterocycles. The van der Waals surface area contributed by atoms with Gasteiger partial charge in [-0.2, -0.15) is 0 Å². The molecule has 0 saturated heterocycles. The topological polar surface area (TPSA) is 81.4 Å². The SMILES string of the molecule is NC(=O)[C@@H](Cc1cccc(OCc2ccccc2)c1)NC(=O)c1ccc(F)c(F)c1. The summed E-state index contributed by atoms with van der Waals surface area (Å²) in [5.74, 6) is -3.09. The molecule has 0 aliphatic rings. The molecule has 3 rings (SSSR count). The highest BCUT2D eigenvalue weighted by Crippen LogP contribution is 2.17. The van der Waals surface area contributed by atoms with Gasteiger partial charge in [-0.25, -0.2) is 8.78 Å². The third-order valence-corrected chi connectivity index (χ3v) is 4.42. The number of halogens is 2. The van der Waals surface area contributed by atoms with Gasteiger partial charge in [-0.1, -0.05) is 42.5 Å². The molecular formula is C23H20F2N2O3. The number of amides is 2. The van der Waals surface area contributed by atoms with Crippen LogP contribution >= 0.6 is 0 Å². The number of rotatable bonds is 8. The first kappa shape index (κ1) is 21.0. The van der Waals surface area contributed by atoms with Crippen LogP contribution in [0.2, 0.25) is 0 Å². The Hall–Kier alpha value is -3.74. The van der Waals surface area contributed by atoms with Crippen molar-refractivity contribution in [2.24, 2.45) is 5.73 Å². The maximum absolute atomic E-state index is 13.4. The molecule has 0 aliphatic carbocycles. The van der Waals surface area contributed by atoms with E-state index in [1.54, 1.807) is 24.3 Å². The second-order valence-electron chi connectivity index (χ2n) is 6.68. The van der Waals surface area contributed by atoms with Crippen molar-refractivity contribution in [3.8, 4) is 5.75 Å². The lowest BCUT2D eigenvalue weighted by Crippen LogP contribution is -2.45. The number of nitrogens with two attached hydrogens (primary N) is 1. The molecule has 3 aromatic carbocycles. The Morgan fingerprint density at radius 1 is 0.900 bits per heavy atom. The molecule has 0 aliphatic heterocycles. The van der Waals surface area contributed by atoms with Crippen LogP contribution < -0.4 is 15.8 Å². The summed E-state index contributed by atoms with van der Waals surface area (Å²) in [7, 11) is 0. The van der Waals surface area contributed by atoms with E-state index in [-0.39, 0.29) is 12.0 Å². The van der Waals surface area contributed by atoms with E-state index in [4.69, 9.17) is 10.5 Å². The summed E-state index contributed by atoms with van der Waals surface area (Å²) in [4.78, 5) is 24.1. The van der Waals surface area contributed by atoms with Crippen LogP contribution in [-0.2, 0) is 17.8 Å². The molecule has 0 unspecified atom stereocenters.